The van der Waals surface area contributed by atoms with Gasteiger partial charge in [-0.3, -0.25) is 24.6 Å². The fourth-order valence-electron chi connectivity index (χ4n) is 2.60. The number of benzene rings is 1. The van der Waals surface area contributed by atoms with Crippen molar-refractivity contribution in [1.29, 1.82) is 0 Å². The van der Waals surface area contributed by atoms with E-state index in [9.17, 15) is 24.8 Å². The molecular weight excluding hydrogens is 361 g/mol. The van der Waals surface area contributed by atoms with Crippen LogP contribution in [-0.2, 0) is 9.59 Å². The maximum Gasteiger partial charge on any atom is 0.320 e. The lowest BCUT2D eigenvalue weighted by molar-refractivity contribution is -0.383. The van der Waals surface area contributed by atoms with Crippen LogP contribution in [0.25, 0.3) is 0 Å². The predicted molar refractivity (Wildman–Crippen MR) is 90.8 cm³/mol. The summed E-state index contributed by atoms with van der Waals surface area (Å²) < 4.78 is 0. The summed E-state index contributed by atoms with van der Waals surface area (Å²) in [7, 11) is 0. The van der Waals surface area contributed by atoms with Gasteiger partial charge in [0.25, 0.3) is 5.69 Å². The highest BCUT2D eigenvalue weighted by Crippen LogP contribution is 2.27. The number of carbonyl (C=O) groups is 2. The van der Waals surface area contributed by atoms with E-state index in [-0.39, 0.29) is 35.3 Å². The molecule has 0 bridgehead atoms. The summed E-state index contributed by atoms with van der Waals surface area (Å²) in [6, 6.07) is 3.24. The minimum Gasteiger partial charge on any atom is -0.480 e. The van der Waals surface area contributed by atoms with Crippen LogP contribution in [0.3, 0.4) is 0 Å². The van der Waals surface area contributed by atoms with Gasteiger partial charge in [-0.25, -0.2) is 0 Å². The Bertz CT molecular complexity index is 641. The van der Waals surface area contributed by atoms with Gasteiger partial charge in [-0.2, -0.15) is 0 Å². The number of nitro benzene ring substituents is 1. The van der Waals surface area contributed by atoms with E-state index in [1.165, 1.54) is 12.1 Å². The number of aliphatic carboxylic acids is 1. The second-order valence-electron chi connectivity index (χ2n) is 5.29. The van der Waals surface area contributed by atoms with Gasteiger partial charge >= 0.3 is 5.97 Å². The first-order chi connectivity index (χ1) is 10.9. The van der Waals surface area contributed by atoms with Gasteiger partial charge in [-0.15, -0.1) is 12.4 Å². The fraction of sp³-hybridized carbons (Fsp3) is 0.429. The van der Waals surface area contributed by atoms with Crippen molar-refractivity contribution in [2.45, 2.75) is 25.3 Å². The monoisotopic (exact) mass is 377 g/mol. The highest BCUT2D eigenvalue weighted by atomic mass is 35.5. The molecule has 10 heteroatoms. The summed E-state index contributed by atoms with van der Waals surface area (Å²) in [5.74, 6) is -1.46. The van der Waals surface area contributed by atoms with Gasteiger partial charge in [-0.1, -0.05) is 18.0 Å². The molecule has 1 unspecified atom stereocenters. The van der Waals surface area contributed by atoms with Crippen molar-refractivity contribution in [2.24, 2.45) is 0 Å². The van der Waals surface area contributed by atoms with E-state index >= 15 is 0 Å². The zero-order chi connectivity index (χ0) is 17.0. The van der Waals surface area contributed by atoms with Crippen LogP contribution in [0.1, 0.15) is 19.3 Å². The minimum absolute atomic E-state index is 0. The molecule has 0 aliphatic carbocycles. The van der Waals surface area contributed by atoms with Crippen molar-refractivity contribution in [2.75, 3.05) is 18.4 Å². The molecule has 1 fully saturated rings. The molecule has 1 amide bonds. The zero-order valence-corrected chi connectivity index (χ0v) is 14.2. The summed E-state index contributed by atoms with van der Waals surface area (Å²) in [5.41, 5.74) is -0.271. The molecule has 0 saturated carbocycles. The average molecular weight is 378 g/mol. The smallest absolute Gasteiger partial charge is 0.320 e. The Morgan fingerprint density at radius 3 is 2.75 bits per heavy atom. The molecule has 2 rings (SSSR count). The van der Waals surface area contributed by atoms with E-state index in [1.54, 1.807) is 4.90 Å². The second-order valence-corrected chi connectivity index (χ2v) is 5.72. The lowest BCUT2D eigenvalue weighted by Crippen LogP contribution is -2.47. The van der Waals surface area contributed by atoms with E-state index < -0.39 is 22.8 Å². The van der Waals surface area contributed by atoms with Crippen LogP contribution in [0.2, 0.25) is 5.02 Å². The number of carboxylic acids is 1. The zero-order valence-electron chi connectivity index (χ0n) is 12.6. The topological polar surface area (TPSA) is 113 Å². The molecule has 1 aliphatic heterocycles. The quantitative estimate of drug-likeness (QED) is 0.602. The summed E-state index contributed by atoms with van der Waals surface area (Å²) in [5, 5.41) is 22.8. The molecule has 8 nitrogen and oxygen atoms in total. The number of anilines is 1. The van der Waals surface area contributed by atoms with Gasteiger partial charge in [-0.05, 0) is 31.5 Å². The Morgan fingerprint density at radius 1 is 1.42 bits per heavy atom. The molecule has 0 spiro atoms. The lowest BCUT2D eigenvalue weighted by Gasteiger charge is -2.32. The summed E-state index contributed by atoms with van der Waals surface area (Å²) in [6.45, 7) is 0.379. The van der Waals surface area contributed by atoms with Gasteiger partial charge < -0.3 is 10.4 Å². The number of halogens is 2. The molecule has 1 saturated heterocycles. The van der Waals surface area contributed by atoms with Crippen LogP contribution in [0.4, 0.5) is 11.4 Å². The Kier molecular flexibility index (Phi) is 7.40. The third kappa shape index (κ3) is 5.05. The summed E-state index contributed by atoms with van der Waals surface area (Å²) in [4.78, 5) is 35.2. The van der Waals surface area contributed by atoms with Crippen molar-refractivity contribution >= 4 is 47.3 Å². The number of nitro groups is 1. The van der Waals surface area contributed by atoms with Crippen LogP contribution in [0, 0.1) is 10.1 Å². The first-order valence-electron chi connectivity index (χ1n) is 7.09. The standard InChI is InChI=1S/C14H16ClN3O5.ClH/c15-9-4-5-10(12(7-9)18(22)23)16-13(19)8-17-6-2-1-3-11(17)14(20)21;/h4-5,7,11H,1-3,6,8H2,(H,16,19)(H,20,21);1H. The van der Waals surface area contributed by atoms with Crippen molar-refractivity contribution in [1.82, 2.24) is 4.90 Å². The van der Waals surface area contributed by atoms with E-state index in [2.05, 4.69) is 5.32 Å². The normalized spacial score (nSPS) is 17.6. The first-order valence-corrected chi connectivity index (χ1v) is 7.47. The molecular formula is C14H17Cl2N3O5. The van der Waals surface area contributed by atoms with Crippen molar-refractivity contribution in [3.05, 3.63) is 33.3 Å². The third-order valence-corrected chi connectivity index (χ3v) is 3.91. The van der Waals surface area contributed by atoms with E-state index in [0.717, 1.165) is 18.9 Å². The molecule has 1 aliphatic rings. The van der Waals surface area contributed by atoms with Crippen LogP contribution < -0.4 is 5.32 Å². The largest absolute Gasteiger partial charge is 0.480 e. The number of hydrogen-bond acceptors (Lipinski definition) is 5. The van der Waals surface area contributed by atoms with Gasteiger partial charge in [0, 0.05) is 11.1 Å². The van der Waals surface area contributed by atoms with E-state index in [4.69, 9.17) is 11.6 Å². The molecule has 0 aromatic heterocycles. The number of piperidine rings is 1. The Labute approximate surface area is 149 Å². The van der Waals surface area contributed by atoms with E-state index in [1.807, 2.05) is 0 Å². The maximum atomic E-state index is 12.1. The predicted octanol–water partition coefficient (Wildman–Crippen LogP) is 2.55. The van der Waals surface area contributed by atoms with Gasteiger partial charge in [0.1, 0.15) is 11.7 Å². The second kappa shape index (κ2) is 8.81. The lowest BCUT2D eigenvalue weighted by atomic mass is 10.0. The van der Waals surface area contributed by atoms with Gasteiger partial charge in [0.05, 0.1) is 11.5 Å². The number of likely N-dealkylation sites (tertiary alicyclic amines) is 1. The minimum atomic E-state index is -0.963. The van der Waals surface area contributed by atoms with Crippen molar-refractivity contribution in [3.63, 3.8) is 0 Å². The molecule has 1 aromatic carbocycles. The number of nitrogens with one attached hydrogen (secondary N) is 1. The van der Waals surface area contributed by atoms with Crippen LogP contribution in [-0.4, -0.2) is 45.9 Å². The van der Waals surface area contributed by atoms with Crippen LogP contribution in [0.15, 0.2) is 18.2 Å². The number of carbonyl (C=O) groups excluding carboxylic acids is 1. The molecule has 1 heterocycles. The Balaban J connectivity index is 0.00000288. The molecule has 1 aromatic rings. The SMILES string of the molecule is Cl.O=C(CN1CCCCC1C(=O)O)Nc1ccc(Cl)cc1[N+](=O)[O-]. The molecule has 24 heavy (non-hydrogen) atoms. The van der Waals surface area contributed by atoms with Gasteiger partial charge in [0.15, 0.2) is 0 Å². The van der Waals surface area contributed by atoms with Crippen molar-refractivity contribution < 1.29 is 19.6 Å². The number of nitrogens with zero attached hydrogens (tertiary/aromatic N) is 2. The number of amides is 1. The average Bonchev–Trinajstić information content (AvgIpc) is 2.49. The Hall–Kier alpha value is -1.90. The molecule has 2 N–H and O–H groups in total. The third-order valence-electron chi connectivity index (χ3n) is 3.68. The van der Waals surface area contributed by atoms with Crippen LogP contribution in [0.5, 0.6) is 0 Å². The molecule has 0 radical (unpaired) electrons. The van der Waals surface area contributed by atoms with Crippen LogP contribution >= 0.6 is 24.0 Å². The van der Waals surface area contributed by atoms with Crippen molar-refractivity contribution in [3.8, 4) is 0 Å². The Morgan fingerprint density at radius 2 is 2.12 bits per heavy atom. The van der Waals surface area contributed by atoms with E-state index in [0.29, 0.717) is 13.0 Å². The number of carboxylic acid groups (broad SMARTS) is 1. The number of rotatable bonds is 5. The highest BCUT2D eigenvalue weighted by molar-refractivity contribution is 6.31. The summed E-state index contributed by atoms with van der Waals surface area (Å²) in [6.07, 6.45) is 2.11. The molecule has 132 valence electrons. The first kappa shape index (κ1) is 20.1. The fourth-order valence-corrected chi connectivity index (χ4v) is 2.76. The summed E-state index contributed by atoms with van der Waals surface area (Å²) >= 11 is 5.72. The highest BCUT2D eigenvalue weighted by Gasteiger charge is 2.30. The van der Waals surface area contributed by atoms with Gasteiger partial charge in [0.2, 0.25) is 5.91 Å². The maximum absolute atomic E-state index is 12.1. The number of hydrogen-bond donors (Lipinski definition) is 2. The molecule has 1 atom stereocenters.